The van der Waals surface area contributed by atoms with Crippen LogP contribution in [0, 0.1) is 5.82 Å². The van der Waals surface area contributed by atoms with Crippen molar-refractivity contribution in [2.24, 2.45) is 0 Å². The number of rotatable bonds is 5. The van der Waals surface area contributed by atoms with Gasteiger partial charge in [0, 0.05) is 6.54 Å². The van der Waals surface area contributed by atoms with Gasteiger partial charge in [0.2, 0.25) is 0 Å². The zero-order valence-corrected chi connectivity index (χ0v) is 17.0. The molecular formula is C21H31FN2O3. The van der Waals surface area contributed by atoms with Crippen LogP contribution in [0.2, 0.25) is 0 Å². The van der Waals surface area contributed by atoms with Crippen molar-refractivity contribution in [2.45, 2.75) is 65.0 Å². The lowest BCUT2D eigenvalue weighted by Gasteiger charge is -2.40. The number of ether oxygens (including phenoxy) is 1. The van der Waals surface area contributed by atoms with Crippen molar-refractivity contribution in [3.63, 3.8) is 0 Å². The molecule has 1 fully saturated rings. The van der Waals surface area contributed by atoms with Crippen LogP contribution < -0.4 is 4.90 Å². The van der Waals surface area contributed by atoms with Crippen molar-refractivity contribution in [3.05, 3.63) is 29.6 Å². The highest BCUT2D eigenvalue weighted by Crippen LogP contribution is 2.33. The number of benzene rings is 1. The highest BCUT2D eigenvalue weighted by molar-refractivity contribution is 5.88. The summed E-state index contributed by atoms with van der Waals surface area (Å²) in [6.45, 7) is 10.9. The second-order valence-electron chi connectivity index (χ2n) is 8.24. The minimum atomic E-state index is -0.926. The molecule has 6 heteroatoms. The zero-order valence-electron chi connectivity index (χ0n) is 17.0. The molecule has 0 saturated carbocycles. The van der Waals surface area contributed by atoms with Crippen LogP contribution in [0.15, 0.2) is 18.2 Å². The quantitative estimate of drug-likeness (QED) is 0.709. The molecule has 1 amide bonds. The number of likely N-dealkylation sites (tertiary alicyclic amines) is 1. The molecule has 2 rings (SSSR count). The van der Waals surface area contributed by atoms with Crippen LogP contribution in [0.5, 0.6) is 0 Å². The maximum absolute atomic E-state index is 14.4. The molecule has 1 aliphatic rings. The van der Waals surface area contributed by atoms with Gasteiger partial charge in [-0.05, 0) is 84.3 Å². The molecule has 0 N–H and O–H groups in total. The molecule has 0 spiro atoms. The molecule has 1 aromatic rings. The second-order valence-corrected chi connectivity index (χ2v) is 8.24. The van der Waals surface area contributed by atoms with Crippen molar-refractivity contribution < 1.29 is 18.7 Å². The molecule has 1 aromatic carbocycles. The highest BCUT2D eigenvalue weighted by Gasteiger charge is 2.35. The number of carbonyl (C=O) groups is 2. The molecule has 1 atom stereocenters. The molecule has 5 nitrogen and oxygen atoms in total. The van der Waals surface area contributed by atoms with Gasteiger partial charge in [-0.1, -0.05) is 6.42 Å². The molecule has 150 valence electrons. The van der Waals surface area contributed by atoms with E-state index < -0.39 is 23.1 Å². The van der Waals surface area contributed by atoms with Crippen molar-refractivity contribution in [3.8, 4) is 0 Å². The largest absolute Gasteiger partial charge is 0.443 e. The summed E-state index contributed by atoms with van der Waals surface area (Å²) in [5.41, 5.74) is -0.626. The van der Waals surface area contributed by atoms with Crippen LogP contribution in [-0.4, -0.2) is 42.5 Å². The first-order valence-corrected chi connectivity index (χ1v) is 9.63. The normalized spacial score (nSPS) is 17.9. The molecule has 27 heavy (non-hydrogen) atoms. The van der Waals surface area contributed by atoms with Gasteiger partial charge >= 0.3 is 6.09 Å². The Morgan fingerprint density at radius 3 is 2.33 bits per heavy atom. The van der Waals surface area contributed by atoms with Gasteiger partial charge < -0.3 is 9.53 Å². The molecule has 1 unspecified atom stereocenters. The van der Waals surface area contributed by atoms with Gasteiger partial charge in [-0.15, -0.1) is 0 Å². The summed E-state index contributed by atoms with van der Waals surface area (Å²) in [7, 11) is 0. The third kappa shape index (κ3) is 5.06. The number of anilines is 1. The van der Waals surface area contributed by atoms with Crippen LogP contribution in [0.1, 0.15) is 59.4 Å². The number of nitrogens with zero attached hydrogens (tertiary/aromatic N) is 2. The molecule has 1 saturated heterocycles. The van der Waals surface area contributed by atoms with Crippen LogP contribution >= 0.6 is 0 Å². The lowest BCUT2D eigenvalue weighted by atomic mass is 9.89. The van der Waals surface area contributed by atoms with E-state index in [9.17, 15) is 14.0 Å². The van der Waals surface area contributed by atoms with Crippen LogP contribution in [0.3, 0.4) is 0 Å². The fourth-order valence-electron chi connectivity index (χ4n) is 3.44. The van der Waals surface area contributed by atoms with Gasteiger partial charge in [0.15, 0.2) is 0 Å². The van der Waals surface area contributed by atoms with E-state index in [1.54, 1.807) is 33.8 Å². The minimum absolute atomic E-state index is 0.333. The van der Waals surface area contributed by atoms with E-state index in [2.05, 4.69) is 4.90 Å². The SMILES string of the molecule is CCN(C(=O)OC(C)(C)C)c1cc(F)cc(C(C)(C=O)N2CCCCC2)c1. The highest BCUT2D eigenvalue weighted by atomic mass is 19.1. The smallest absolute Gasteiger partial charge is 0.414 e. The number of piperidine rings is 1. The summed E-state index contributed by atoms with van der Waals surface area (Å²) < 4.78 is 19.9. The minimum Gasteiger partial charge on any atom is -0.443 e. The van der Waals surface area contributed by atoms with Gasteiger partial charge in [-0.3, -0.25) is 9.80 Å². The summed E-state index contributed by atoms with van der Waals surface area (Å²) in [4.78, 5) is 28.1. The summed E-state index contributed by atoms with van der Waals surface area (Å²) in [5, 5.41) is 0. The number of aldehydes is 1. The molecule has 0 bridgehead atoms. The zero-order chi connectivity index (χ0) is 20.2. The van der Waals surface area contributed by atoms with Gasteiger partial charge in [-0.2, -0.15) is 0 Å². The maximum atomic E-state index is 14.4. The Hall–Kier alpha value is -1.95. The maximum Gasteiger partial charge on any atom is 0.414 e. The Balaban J connectivity index is 2.41. The van der Waals surface area contributed by atoms with Crippen LogP contribution in [0.4, 0.5) is 14.9 Å². The predicted octanol–water partition coefficient (Wildman–Crippen LogP) is 4.49. The topological polar surface area (TPSA) is 49.9 Å². The monoisotopic (exact) mass is 378 g/mol. The number of amides is 1. The average molecular weight is 378 g/mol. The summed E-state index contributed by atoms with van der Waals surface area (Å²) in [6, 6.07) is 4.41. The molecule has 1 heterocycles. The van der Waals surface area contributed by atoms with E-state index in [0.717, 1.165) is 38.6 Å². The number of hydrogen-bond donors (Lipinski definition) is 0. The first-order chi connectivity index (χ1) is 12.6. The number of halogens is 1. The Morgan fingerprint density at radius 2 is 1.81 bits per heavy atom. The Kier molecular flexibility index (Phi) is 6.63. The average Bonchev–Trinajstić information content (AvgIpc) is 2.60. The fraction of sp³-hybridized carbons (Fsp3) is 0.619. The van der Waals surface area contributed by atoms with E-state index in [1.807, 2.05) is 6.92 Å². The van der Waals surface area contributed by atoms with E-state index in [1.165, 1.54) is 17.0 Å². The van der Waals surface area contributed by atoms with E-state index in [-0.39, 0.29) is 0 Å². The van der Waals surface area contributed by atoms with Gasteiger partial charge in [-0.25, -0.2) is 9.18 Å². The van der Waals surface area contributed by atoms with Gasteiger partial charge in [0.05, 0.1) is 11.2 Å². The first kappa shape index (κ1) is 21.4. The number of carbonyl (C=O) groups excluding carboxylic acids is 2. The third-order valence-corrected chi connectivity index (χ3v) is 4.95. The van der Waals surface area contributed by atoms with Crippen molar-refractivity contribution >= 4 is 18.1 Å². The molecule has 0 radical (unpaired) electrons. The van der Waals surface area contributed by atoms with Gasteiger partial charge in [0.25, 0.3) is 0 Å². The summed E-state index contributed by atoms with van der Waals surface area (Å²) in [6.07, 6.45) is 3.52. The second kappa shape index (κ2) is 8.38. The van der Waals surface area contributed by atoms with Crippen molar-refractivity contribution in [1.82, 2.24) is 4.90 Å². The van der Waals surface area contributed by atoms with Crippen molar-refractivity contribution in [2.75, 3.05) is 24.5 Å². The standard InChI is InChI=1S/C21H31FN2O3/c1-6-24(19(26)27-20(2,3)4)18-13-16(12-17(22)14-18)21(5,15-25)23-10-8-7-9-11-23/h12-15H,6-11H2,1-5H3. The van der Waals surface area contributed by atoms with E-state index in [4.69, 9.17) is 4.74 Å². The molecule has 1 aliphatic heterocycles. The van der Waals surface area contributed by atoms with E-state index >= 15 is 0 Å². The summed E-state index contributed by atoms with van der Waals surface area (Å²) >= 11 is 0. The number of hydrogen-bond acceptors (Lipinski definition) is 4. The van der Waals surface area contributed by atoms with Gasteiger partial charge in [0.1, 0.15) is 17.7 Å². The third-order valence-electron chi connectivity index (χ3n) is 4.95. The lowest BCUT2D eigenvalue weighted by Crippen LogP contribution is -2.48. The Labute approximate surface area is 161 Å². The van der Waals surface area contributed by atoms with E-state index in [0.29, 0.717) is 17.8 Å². The predicted molar refractivity (Wildman–Crippen MR) is 104 cm³/mol. The molecule has 0 aliphatic carbocycles. The van der Waals surface area contributed by atoms with Crippen molar-refractivity contribution in [1.29, 1.82) is 0 Å². The summed E-state index contributed by atoms with van der Waals surface area (Å²) in [5.74, 6) is -0.477. The molecular weight excluding hydrogens is 347 g/mol. The Morgan fingerprint density at radius 1 is 1.19 bits per heavy atom. The lowest BCUT2D eigenvalue weighted by molar-refractivity contribution is -0.119. The van der Waals surface area contributed by atoms with Crippen LogP contribution in [0.25, 0.3) is 0 Å². The molecule has 0 aromatic heterocycles. The van der Waals surface area contributed by atoms with Crippen LogP contribution in [-0.2, 0) is 15.1 Å². The first-order valence-electron chi connectivity index (χ1n) is 9.63. The Bertz CT molecular complexity index is 680. The fourth-order valence-corrected chi connectivity index (χ4v) is 3.44.